The molecule has 0 saturated carbocycles. The Morgan fingerprint density at radius 2 is 1.56 bits per heavy atom. The van der Waals surface area contributed by atoms with Crippen LogP contribution in [0.25, 0.3) is 0 Å². The second-order valence-corrected chi connectivity index (χ2v) is 12.7. The Morgan fingerprint density at radius 1 is 0.930 bits per heavy atom. The molecular formula is C33H44FN3O5S. The minimum atomic E-state index is -3.61. The van der Waals surface area contributed by atoms with Crippen LogP contribution in [0.2, 0.25) is 0 Å². The Hall–Kier alpha value is -3.31. The number of nitrogens with zero attached hydrogens (tertiary/aromatic N) is 1. The highest BCUT2D eigenvalue weighted by molar-refractivity contribution is 7.89. The number of aliphatic hydroxyl groups is 1. The lowest BCUT2D eigenvalue weighted by atomic mass is 10.00. The summed E-state index contributed by atoms with van der Waals surface area (Å²) in [4.78, 5) is 13.0. The zero-order valence-electron chi connectivity index (χ0n) is 25.0. The monoisotopic (exact) mass is 613 g/mol. The van der Waals surface area contributed by atoms with E-state index in [0.29, 0.717) is 43.8 Å². The molecule has 3 aromatic rings. The van der Waals surface area contributed by atoms with Crippen LogP contribution in [-0.2, 0) is 34.4 Å². The molecular weight excluding hydrogens is 569 g/mol. The molecule has 0 saturated heterocycles. The van der Waals surface area contributed by atoms with E-state index in [0.717, 1.165) is 11.1 Å². The minimum absolute atomic E-state index is 0.115. The number of carbonyl (C=O) groups is 1. The maximum atomic E-state index is 14.6. The number of carbonyl (C=O) groups excluding carboxylic acids is 1. The van der Waals surface area contributed by atoms with Gasteiger partial charge < -0.3 is 20.5 Å². The molecule has 0 aliphatic rings. The maximum Gasteiger partial charge on any atom is 0.221 e. The molecule has 0 aliphatic carbocycles. The molecule has 0 spiro atoms. The van der Waals surface area contributed by atoms with E-state index in [2.05, 4.69) is 10.6 Å². The van der Waals surface area contributed by atoms with E-state index in [-0.39, 0.29) is 31.7 Å². The summed E-state index contributed by atoms with van der Waals surface area (Å²) < 4.78 is 47.6. The van der Waals surface area contributed by atoms with E-state index >= 15 is 0 Å². The summed E-state index contributed by atoms with van der Waals surface area (Å²) in [7, 11) is -3.61. The number of amides is 1. The van der Waals surface area contributed by atoms with Crippen LogP contribution in [0.1, 0.15) is 49.8 Å². The van der Waals surface area contributed by atoms with Gasteiger partial charge in [0, 0.05) is 38.7 Å². The van der Waals surface area contributed by atoms with Crippen LogP contribution in [0, 0.1) is 5.82 Å². The van der Waals surface area contributed by atoms with E-state index in [1.54, 1.807) is 6.07 Å². The first kappa shape index (κ1) is 34.2. The van der Waals surface area contributed by atoms with Crippen LogP contribution in [0.4, 0.5) is 4.39 Å². The Balaban J connectivity index is 1.70. The average Bonchev–Trinajstić information content (AvgIpc) is 2.99. The van der Waals surface area contributed by atoms with Gasteiger partial charge >= 0.3 is 0 Å². The van der Waals surface area contributed by atoms with Crippen molar-refractivity contribution >= 4 is 15.9 Å². The molecule has 2 atom stereocenters. The molecule has 0 bridgehead atoms. The van der Waals surface area contributed by atoms with Gasteiger partial charge in [-0.05, 0) is 48.1 Å². The van der Waals surface area contributed by atoms with Crippen LogP contribution in [0.5, 0.6) is 5.75 Å². The van der Waals surface area contributed by atoms with Gasteiger partial charge in [0.25, 0.3) is 0 Å². The molecule has 43 heavy (non-hydrogen) atoms. The maximum absolute atomic E-state index is 14.6. The Morgan fingerprint density at radius 3 is 2.19 bits per heavy atom. The fraction of sp³-hybridized carbons (Fsp3) is 0.424. The van der Waals surface area contributed by atoms with Crippen molar-refractivity contribution in [1.82, 2.24) is 14.9 Å². The van der Waals surface area contributed by atoms with Gasteiger partial charge in [-0.15, -0.1) is 0 Å². The van der Waals surface area contributed by atoms with Crippen LogP contribution < -0.4 is 15.4 Å². The summed E-state index contributed by atoms with van der Waals surface area (Å²) in [5.74, 6) is -0.995. The molecule has 0 unspecified atom stereocenters. The summed E-state index contributed by atoms with van der Waals surface area (Å²) in [5, 5.41) is 17.1. The van der Waals surface area contributed by atoms with E-state index in [9.17, 15) is 22.7 Å². The van der Waals surface area contributed by atoms with Gasteiger partial charge in [0.1, 0.15) is 18.2 Å². The summed E-state index contributed by atoms with van der Waals surface area (Å²) in [5.41, 5.74) is 2.50. The number of nitrogens with one attached hydrogen (secondary N) is 2. The first-order chi connectivity index (χ1) is 20.7. The molecule has 0 heterocycles. The Kier molecular flexibility index (Phi) is 14.1. The highest BCUT2D eigenvalue weighted by Gasteiger charge is 2.25. The number of rotatable bonds is 19. The number of hydrogen-bond acceptors (Lipinski definition) is 6. The van der Waals surface area contributed by atoms with Crippen molar-refractivity contribution in [3.63, 3.8) is 0 Å². The first-order valence-corrected chi connectivity index (χ1v) is 16.5. The van der Waals surface area contributed by atoms with Crippen molar-refractivity contribution in [2.45, 2.75) is 64.8 Å². The van der Waals surface area contributed by atoms with Gasteiger partial charge in [-0.3, -0.25) is 4.79 Å². The fourth-order valence-electron chi connectivity index (χ4n) is 4.72. The molecule has 0 aromatic heterocycles. The lowest BCUT2D eigenvalue weighted by Gasteiger charge is -2.26. The van der Waals surface area contributed by atoms with Crippen LogP contribution >= 0.6 is 0 Å². The van der Waals surface area contributed by atoms with E-state index in [4.69, 9.17) is 4.74 Å². The number of hydrogen-bond donors (Lipinski definition) is 3. The molecule has 234 valence electrons. The highest BCUT2D eigenvalue weighted by atomic mass is 32.2. The van der Waals surface area contributed by atoms with Gasteiger partial charge in [-0.2, -0.15) is 0 Å². The summed E-state index contributed by atoms with van der Waals surface area (Å²) in [6.07, 6.45) is 0.199. The smallest absolute Gasteiger partial charge is 0.221 e. The van der Waals surface area contributed by atoms with Crippen molar-refractivity contribution in [3.05, 3.63) is 101 Å². The van der Waals surface area contributed by atoms with Gasteiger partial charge in [0.2, 0.25) is 15.9 Å². The number of aliphatic hydroxyl groups excluding tert-OH is 1. The number of ether oxygens (including phenoxy) is 1. The highest BCUT2D eigenvalue weighted by Crippen LogP contribution is 2.20. The van der Waals surface area contributed by atoms with E-state index in [1.165, 1.54) is 16.4 Å². The first-order valence-electron chi connectivity index (χ1n) is 14.9. The molecule has 0 aliphatic heterocycles. The molecule has 3 N–H and O–H groups in total. The van der Waals surface area contributed by atoms with Crippen molar-refractivity contribution in [1.29, 1.82) is 0 Å². The zero-order valence-corrected chi connectivity index (χ0v) is 25.9. The van der Waals surface area contributed by atoms with Crippen LogP contribution in [0.15, 0.2) is 78.9 Å². The standard InChI is InChI=1S/C33H44FN3O5S/c1-3-16-37(17-4-2)43(40,41)18-15-33(39)36-31(32(38)24-35-23-26-11-7-5-8-12-26)21-28-19-29(34)22-30(20-28)42-25-27-13-9-6-10-14-27/h5-14,19-20,22,31-32,35,38H,3-4,15-18,21,23-25H2,1-2H3,(H,36,39)/t31-,32+/m0/s1. The van der Waals surface area contributed by atoms with Crippen molar-refractivity contribution in [2.24, 2.45) is 0 Å². The molecule has 3 rings (SSSR count). The van der Waals surface area contributed by atoms with Crippen LogP contribution in [0.3, 0.4) is 0 Å². The quantitative estimate of drug-likeness (QED) is 0.185. The average molecular weight is 614 g/mol. The number of sulfonamides is 1. The molecule has 0 radical (unpaired) electrons. The largest absolute Gasteiger partial charge is 0.489 e. The predicted molar refractivity (Wildman–Crippen MR) is 168 cm³/mol. The molecule has 0 fully saturated rings. The van der Waals surface area contributed by atoms with Gasteiger partial charge in [-0.25, -0.2) is 17.1 Å². The van der Waals surface area contributed by atoms with E-state index < -0.39 is 33.9 Å². The van der Waals surface area contributed by atoms with Crippen LogP contribution in [-0.4, -0.2) is 61.3 Å². The molecule has 8 nitrogen and oxygen atoms in total. The summed E-state index contributed by atoms with van der Waals surface area (Å²) >= 11 is 0. The summed E-state index contributed by atoms with van der Waals surface area (Å²) in [6.45, 7) is 5.56. The fourth-order valence-corrected chi connectivity index (χ4v) is 6.34. The third-order valence-corrected chi connectivity index (χ3v) is 8.77. The Labute approximate surface area is 255 Å². The zero-order chi connectivity index (χ0) is 31.1. The lowest BCUT2D eigenvalue weighted by Crippen LogP contribution is -2.49. The second-order valence-electron chi connectivity index (χ2n) is 10.6. The molecule has 3 aromatic carbocycles. The number of halogens is 1. The molecule has 1 amide bonds. The van der Waals surface area contributed by atoms with Crippen molar-refractivity contribution in [2.75, 3.05) is 25.4 Å². The lowest BCUT2D eigenvalue weighted by molar-refractivity contribution is -0.122. The van der Waals surface area contributed by atoms with Gasteiger partial charge in [0.05, 0.1) is 17.9 Å². The summed E-state index contributed by atoms with van der Waals surface area (Å²) in [6, 6.07) is 22.7. The van der Waals surface area contributed by atoms with Gasteiger partial charge in [-0.1, -0.05) is 74.5 Å². The van der Waals surface area contributed by atoms with Crippen molar-refractivity contribution < 1.29 is 27.4 Å². The normalized spacial score (nSPS) is 13.0. The third-order valence-electron chi connectivity index (χ3n) is 6.90. The number of benzene rings is 3. The van der Waals surface area contributed by atoms with E-state index in [1.807, 2.05) is 74.5 Å². The Bertz CT molecular complexity index is 1350. The SMILES string of the molecule is CCCN(CCC)S(=O)(=O)CCC(=O)N[C@@H](Cc1cc(F)cc(OCc2ccccc2)c1)[C@H](O)CNCc1ccccc1. The molecule has 10 heteroatoms. The second kappa shape index (κ2) is 17.7. The predicted octanol–water partition coefficient (Wildman–Crippen LogP) is 4.42. The van der Waals surface area contributed by atoms with Crippen molar-refractivity contribution in [3.8, 4) is 5.75 Å². The van der Waals surface area contributed by atoms with Gasteiger partial charge in [0.15, 0.2) is 0 Å². The third kappa shape index (κ3) is 12.1. The topological polar surface area (TPSA) is 108 Å². The minimum Gasteiger partial charge on any atom is -0.489 e.